The quantitative estimate of drug-likeness (QED) is 0.496. The van der Waals surface area contributed by atoms with Crippen molar-refractivity contribution in [1.29, 1.82) is 0 Å². The standard InChI is InChI=1S/C22H26N2O4S2/c1-4-28-13-12-24-19-11-6-16(3)14-20(19)29-22(24)23-21(25)15-17-7-9-18(10-8-17)30(26,27)5-2/h6-11,14H,4-5,12-13,15H2,1-3H3. The molecule has 3 rings (SSSR count). The van der Waals surface area contributed by atoms with Crippen LogP contribution in [-0.2, 0) is 32.3 Å². The zero-order valence-electron chi connectivity index (χ0n) is 17.4. The van der Waals surface area contributed by atoms with Crippen LogP contribution >= 0.6 is 11.3 Å². The lowest BCUT2D eigenvalue weighted by Gasteiger charge is -2.06. The summed E-state index contributed by atoms with van der Waals surface area (Å²) >= 11 is 1.48. The highest BCUT2D eigenvalue weighted by Crippen LogP contribution is 2.19. The van der Waals surface area contributed by atoms with Crippen molar-refractivity contribution < 1.29 is 17.9 Å². The average Bonchev–Trinajstić information content (AvgIpc) is 3.04. The van der Waals surface area contributed by atoms with Crippen LogP contribution in [-0.4, -0.2) is 37.9 Å². The van der Waals surface area contributed by atoms with Crippen molar-refractivity contribution in [2.24, 2.45) is 4.99 Å². The van der Waals surface area contributed by atoms with Gasteiger partial charge in [0.05, 0.1) is 33.9 Å². The molecule has 1 aromatic heterocycles. The van der Waals surface area contributed by atoms with Crippen LogP contribution in [0.1, 0.15) is 25.0 Å². The smallest absolute Gasteiger partial charge is 0.252 e. The van der Waals surface area contributed by atoms with E-state index in [1.165, 1.54) is 11.3 Å². The van der Waals surface area contributed by atoms with Crippen LogP contribution in [0.2, 0.25) is 0 Å². The molecule has 0 atom stereocenters. The highest BCUT2D eigenvalue weighted by atomic mass is 32.2. The molecule has 160 valence electrons. The molecule has 0 bridgehead atoms. The number of thiazole rings is 1. The number of carbonyl (C=O) groups is 1. The number of sulfone groups is 1. The first-order chi connectivity index (χ1) is 14.3. The molecule has 0 aliphatic rings. The van der Waals surface area contributed by atoms with Gasteiger partial charge in [0.2, 0.25) is 0 Å². The van der Waals surface area contributed by atoms with Crippen molar-refractivity contribution >= 4 is 37.3 Å². The molecule has 3 aromatic rings. The van der Waals surface area contributed by atoms with Crippen molar-refractivity contribution in [1.82, 2.24) is 4.57 Å². The predicted molar refractivity (Wildman–Crippen MR) is 119 cm³/mol. The van der Waals surface area contributed by atoms with E-state index in [2.05, 4.69) is 11.1 Å². The first-order valence-corrected chi connectivity index (χ1v) is 12.4. The Hall–Kier alpha value is -2.29. The van der Waals surface area contributed by atoms with Crippen molar-refractivity contribution in [3.05, 3.63) is 58.4 Å². The van der Waals surface area contributed by atoms with Gasteiger partial charge in [-0.25, -0.2) is 8.42 Å². The summed E-state index contributed by atoms with van der Waals surface area (Å²) in [5, 5.41) is 0. The summed E-state index contributed by atoms with van der Waals surface area (Å²) in [5.74, 6) is -0.220. The fourth-order valence-electron chi connectivity index (χ4n) is 3.08. The maximum atomic E-state index is 12.6. The Kier molecular flexibility index (Phi) is 7.23. The van der Waals surface area contributed by atoms with Gasteiger partial charge in [-0.3, -0.25) is 4.79 Å². The molecular weight excluding hydrogens is 420 g/mol. The molecule has 0 aliphatic heterocycles. The number of amides is 1. The maximum absolute atomic E-state index is 12.6. The number of fused-ring (bicyclic) bond motifs is 1. The summed E-state index contributed by atoms with van der Waals surface area (Å²) in [5.41, 5.74) is 2.92. The number of hydrogen-bond acceptors (Lipinski definition) is 5. The van der Waals surface area contributed by atoms with Gasteiger partial charge < -0.3 is 9.30 Å². The van der Waals surface area contributed by atoms with Crippen molar-refractivity contribution in [3.8, 4) is 0 Å². The molecule has 30 heavy (non-hydrogen) atoms. The van der Waals surface area contributed by atoms with E-state index in [9.17, 15) is 13.2 Å². The Morgan fingerprint density at radius 1 is 1.13 bits per heavy atom. The van der Waals surface area contributed by atoms with Gasteiger partial charge in [-0.1, -0.05) is 36.5 Å². The van der Waals surface area contributed by atoms with Crippen LogP contribution < -0.4 is 4.80 Å². The molecule has 0 saturated heterocycles. The van der Waals surface area contributed by atoms with Crippen LogP contribution in [0.4, 0.5) is 0 Å². The van der Waals surface area contributed by atoms with Crippen molar-refractivity contribution in [2.75, 3.05) is 19.0 Å². The number of aryl methyl sites for hydroxylation is 1. The summed E-state index contributed by atoms with van der Waals surface area (Å²) in [6, 6.07) is 12.6. The van der Waals surface area contributed by atoms with E-state index in [4.69, 9.17) is 4.74 Å². The third-order valence-electron chi connectivity index (χ3n) is 4.74. The molecule has 0 radical (unpaired) electrons. The lowest BCUT2D eigenvalue weighted by Crippen LogP contribution is -2.20. The summed E-state index contributed by atoms with van der Waals surface area (Å²) in [6.07, 6.45) is 0.116. The molecule has 0 fully saturated rings. The van der Waals surface area contributed by atoms with Crippen LogP contribution in [0.3, 0.4) is 0 Å². The Balaban J connectivity index is 1.88. The molecule has 6 nitrogen and oxygen atoms in total. The number of rotatable bonds is 8. The second kappa shape index (κ2) is 9.68. The van der Waals surface area contributed by atoms with Gasteiger partial charge in [-0.15, -0.1) is 0 Å². The van der Waals surface area contributed by atoms with E-state index < -0.39 is 9.84 Å². The van der Waals surface area contributed by atoms with E-state index in [1.807, 2.05) is 30.5 Å². The van der Waals surface area contributed by atoms with Crippen molar-refractivity contribution in [2.45, 2.75) is 38.6 Å². The molecule has 0 spiro atoms. The fraction of sp³-hybridized carbons (Fsp3) is 0.364. The third-order valence-corrected chi connectivity index (χ3v) is 7.53. The highest BCUT2D eigenvalue weighted by Gasteiger charge is 2.12. The fourth-order valence-corrected chi connectivity index (χ4v) is 5.14. The average molecular weight is 447 g/mol. The van der Waals surface area contributed by atoms with Gasteiger partial charge in [0, 0.05) is 13.2 Å². The maximum Gasteiger partial charge on any atom is 0.252 e. The minimum absolute atomic E-state index is 0.0494. The zero-order chi connectivity index (χ0) is 21.7. The molecule has 1 heterocycles. The van der Waals surface area contributed by atoms with Gasteiger partial charge in [-0.05, 0) is 49.2 Å². The van der Waals surface area contributed by atoms with Gasteiger partial charge in [0.15, 0.2) is 14.6 Å². The molecule has 8 heteroatoms. The summed E-state index contributed by atoms with van der Waals surface area (Å²) in [6.45, 7) is 7.40. The Labute approximate surface area is 180 Å². The van der Waals surface area contributed by atoms with Gasteiger partial charge in [0.25, 0.3) is 5.91 Å². The monoisotopic (exact) mass is 446 g/mol. The summed E-state index contributed by atoms with van der Waals surface area (Å²) in [4.78, 5) is 17.9. The highest BCUT2D eigenvalue weighted by molar-refractivity contribution is 7.91. The van der Waals surface area contributed by atoms with E-state index >= 15 is 0 Å². The first-order valence-electron chi connectivity index (χ1n) is 9.91. The van der Waals surface area contributed by atoms with Gasteiger partial charge in [-0.2, -0.15) is 4.99 Å². The van der Waals surface area contributed by atoms with Crippen LogP contribution in [0.25, 0.3) is 10.2 Å². The van der Waals surface area contributed by atoms with E-state index in [1.54, 1.807) is 31.2 Å². The number of carbonyl (C=O) groups excluding carboxylic acids is 1. The Morgan fingerprint density at radius 3 is 2.53 bits per heavy atom. The van der Waals surface area contributed by atoms with Crippen molar-refractivity contribution in [3.63, 3.8) is 0 Å². The third kappa shape index (κ3) is 5.24. The largest absolute Gasteiger partial charge is 0.380 e. The molecule has 0 N–H and O–H groups in total. The Bertz CT molecular complexity index is 1210. The lowest BCUT2D eigenvalue weighted by molar-refractivity contribution is -0.117. The first kappa shape index (κ1) is 22.4. The normalized spacial score (nSPS) is 12.6. The number of nitrogens with zero attached hydrogens (tertiary/aromatic N) is 2. The molecule has 0 unspecified atom stereocenters. The second-order valence-corrected chi connectivity index (χ2v) is 10.2. The van der Waals surface area contributed by atoms with Crippen LogP contribution in [0.15, 0.2) is 52.4 Å². The minimum Gasteiger partial charge on any atom is -0.380 e. The number of hydrogen-bond donors (Lipinski definition) is 0. The number of aromatic nitrogens is 1. The predicted octanol–water partition coefficient (Wildman–Crippen LogP) is 3.51. The molecule has 0 aliphatic carbocycles. The topological polar surface area (TPSA) is 77.7 Å². The van der Waals surface area contributed by atoms with Crippen LogP contribution in [0.5, 0.6) is 0 Å². The number of benzene rings is 2. The second-order valence-electron chi connectivity index (χ2n) is 6.93. The molecule has 2 aromatic carbocycles. The lowest BCUT2D eigenvalue weighted by atomic mass is 10.1. The van der Waals surface area contributed by atoms with E-state index in [0.717, 1.165) is 21.3 Å². The molecule has 0 saturated carbocycles. The number of ether oxygens (including phenoxy) is 1. The summed E-state index contributed by atoms with van der Waals surface area (Å²) in [7, 11) is -3.25. The van der Waals surface area contributed by atoms with Gasteiger partial charge in [0.1, 0.15) is 0 Å². The molecule has 1 amide bonds. The van der Waals surface area contributed by atoms with Crippen LogP contribution in [0, 0.1) is 6.92 Å². The molecular formula is C22H26N2O4S2. The minimum atomic E-state index is -3.25. The summed E-state index contributed by atoms with van der Waals surface area (Å²) < 4.78 is 32.5. The zero-order valence-corrected chi connectivity index (χ0v) is 19.1. The van der Waals surface area contributed by atoms with Gasteiger partial charge >= 0.3 is 0 Å². The van der Waals surface area contributed by atoms with E-state index in [-0.39, 0.29) is 23.0 Å². The SMILES string of the molecule is CCOCCn1c(=NC(=O)Cc2ccc(S(=O)(=O)CC)cc2)sc2cc(C)ccc21. The van der Waals surface area contributed by atoms with E-state index in [0.29, 0.717) is 24.6 Å². The Morgan fingerprint density at radius 2 is 1.87 bits per heavy atom.